The summed E-state index contributed by atoms with van der Waals surface area (Å²) in [5.41, 5.74) is 22.6. The average Bonchev–Trinajstić information content (AvgIpc) is 3.34. The molecule has 0 saturated carbocycles. The number of ketones is 2. The van der Waals surface area contributed by atoms with Crippen molar-refractivity contribution in [2.75, 3.05) is 31.1 Å². The lowest BCUT2D eigenvalue weighted by Crippen LogP contribution is -2.61. The zero-order valence-corrected chi connectivity index (χ0v) is 42.9. The number of primary amides is 3. The second-order valence-corrected chi connectivity index (χ2v) is 20.5. The van der Waals surface area contributed by atoms with Gasteiger partial charge in [-0.1, -0.05) is 73.9 Å². The molecule has 1 aliphatic rings. The number of rotatable bonds is 21. The van der Waals surface area contributed by atoms with Crippen molar-refractivity contribution in [2.24, 2.45) is 29.0 Å². The van der Waals surface area contributed by atoms with Gasteiger partial charge in [-0.2, -0.15) is 0 Å². The van der Waals surface area contributed by atoms with Gasteiger partial charge < -0.3 is 53.8 Å². The summed E-state index contributed by atoms with van der Waals surface area (Å²) in [4.78, 5) is 153. The molecule has 3 rings (SSSR count). The number of pyridine rings is 1. The van der Waals surface area contributed by atoms with Crippen molar-refractivity contribution in [3.05, 3.63) is 59.9 Å². The molecule has 2 aromatic rings. The lowest BCUT2D eigenvalue weighted by atomic mass is 9.94. The number of benzene rings is 1. The summed E-state index contributed by atoms with van der Waals surface area (Å²) in [6.45, 7) is 5.81. The molecule has 14 N–H and O–H groups in total. The molecule has 73 heavy (non-hydrogen) atoms. The molecule has 400 valence electrons. The van der Waals surface area contributed by atoms with Crippen LogP contribution in [0.4, 0.5) is 0 Å². The van der Waals surface area contributed by atoms with Crippen LogP contribution in [-0.2, 0) is 65.6 Å². The Labute approximate surface area is 431 Å². The van der Waals surface area contributed by atoms with E-state index in [1.54, 1.807) is 50.4 Å². The Bertz CT molecular complexity index is 2260. The molecule has 0 unspecified atom stereocenters. The molecule has 24 nitrogen and oxygen atoms in total. The van der Waals surface area contributed by atoms with Crippen LogP contribution in [0, 0.1) is 11.8 Å². The van der Waals surface area contributed by atoms with Crippen LogP contribution >= 0.6 is 21.6 Å². The molecule has 26 heteroatoms. The fraction of sp³-hybridized carbons (Fsp3) is 0.532. The van der Waals surface area contributed by atoms with Crippen molar-refractivity contribution in [3.63, 3.8) is 0 Å². The molecule has 0 aliphatic carbocycles. The summed E-state index contributed by atoms with van der Waals surface area (Å²) in [6, 6.07) is 2.46. The fourth-order valence-electron chi connectivity index (χ4n) is 7.25. The van der Waals surface area contributed by atoms with Crippen LogP contribution in [0.1, 0.15) is 77.5 Å². The number of aromatic nitrogens is 1. The van der Waals surface area contributed by atoms with Crippen LogP contribution < -0.4 is 54.6 Å². The molecule has 1 aromatic carbocycles. The lowest BCUT2D eigenvalue weighted by Gasteiger charge is -2.30. The van der Waals surface area contributed by atoms with Crippen molar-refractivity contribution >= 4 is 86.3 Å². The minimum Gasteiger partial charge on any atom is -0.508 e. The van der Waals surface area contributed by atoms with Crippen LogP contribution in [0.3, 0.4) is 0 Å². The van der Waals surface area contributed by atoms with Crippen LogP contribution in [0.25, 0.3) is 0 Å². The molecule has 9 amide bonds. The predicted molar refractivity (Wildman–Crippen MR) is 271 cm³/mol. The topological polar surface area (TPSA) is 386 Å². The summed E-state index contributed by atoms with van der Waals surface area (Å²) in [5, 5.41) is 22.8. The molecule has 1 saturated heterocycles. The van der Waals surface area contributed by atoms with Crippen molar-refractivity contribution < 1.29 is 57.8 Å². The molecule has 1 fully saturated rings. The van der Waals surface area contributed by atoms with Crippen molar-refractivity contribution in [1.29, 1.82) is 0 Å². The number of hydrogen-bond donors (Lipinski definition) is 11. The van der Waals surface area contributed by atoms with Crippen molar-refractivity contribution in [2.45, 2.75) is 115 Å². The number of hydrazine groups is 1. The first-order valence-corrected chi connectivity index (χ1v) is 26.2. The number of carbonyl (C=O) groups excluding carboxylic acids is 11. The maximum absolute atomic E-state index is 14.8. The van der Waals surface area contributed by atoms with E-state index in [2.05, 4.69) is 42.4 Å². The highest BCUT2D eigenvalue weighted by atomic mass is 33.1. The summed E-state index contributed by atoms with van der Waals surface area (Å²) >= 11 is 0. The summed E-state index contributed by atoms with van der Waals surface area (Å²) < 4.78 is 0. The first kappa shape index (κ1) is 60.7. The Morgan fingerprint density at radius 1 is 0.836 bits per heavy atom. The van der Waals surface area contributed by atoms with Gasteiger partial charge in [-0.15, -0.1) is 0 Å². The van der Waals surface area contributed by atoms with E-state index in [-0.39, 0.29) is 55.4 Å². The third kappa shape index (κ3) is 21.9. The lowest BCUT2D eigenvalue weighted by molar-refractivity contribution is -0.142. The van der Waals surface area contributed by atoms with Gasteiger partial charge in [0.15, 0.2) is 0 Å². The van der Waals surface area contributed by atoms with Gasteiger partial charge in [0.2, 0.25) is 64.7 Å². The van der Waals surface area contributed by atoms with E-state index in [0.717, 1.165) is 21.6 Å². The van der Waals surface area contributed by atoms with Gasteiger partial charge in [0.25, 0.3) is 0 Å². The SMILES string of the molecule is CC[C@H](C)[C@@H]1NC(=O)[C@H](Cc2ccc(O)cc2)NC(=O)CCSSC[C@@H](C(=O)N(CCc2ccccn2)CC(=O)N[C@@H](CC(C)C)C(=O)NCC(N)=O)NN[C@@H](CC(N)=O)C(=O)C(=O)[C@H](CCC(N)=O)NC1=O. The molecular formula is C47H68N12O12S2. The summed E-state index contributed by atoms with van der Waals surface area (Å²) in [5.74, 6) is -10.5. The summed E-state index contributed by atoms with van der Waals surface area (Å²) in [7, 11) is 2.26. The van der Waals surface area contributed by atoms with Gasteiger partial charge in [-0.25, -0.2) is 10.9 Å². The highest BCUT2D eigenvalue weighted by molar-refractivity contribution is 8.76. The largest absolute Gasteiger partial charge is 0.508 e. The number of nitrogens with one attached hydrogen (secondary N) is 7. The molecule has 0 bridgehead atoms. The standard InChI is InChI=1S/C47H68N12O12S2/c1-5-27(4)41-46(70)55-31(13-14-36(48)61)42(66)43(67)32(22-37(49)62)57-58-35(25-73-72-19-16-39(64)53-34(45(69)56-41)21-28-9-11-30(60)12-10-28)47(71)59(18-15-29-8-6-7-17-51-29)24-40(65)54-33(20-26(2)3)44(68)52-23-38(50)63/h6-12,17,26-27,31-35,41,57-58,60H,5,13-16,18-25H2,1-4H3,(H2,48,61)(H2,49,62)(H2,50,63)(H,52,68)(H,53,64)(H,54,65)(H,55,70)(H,56,69)/t27-,31-,32-,33-,34-,35-,41-/m0/s1. The summed E-state index contributed by atoms with van der Waals surface area (Å²) in [6.07, 6.45) is 0.210. The van der Waals surface area contributed by atoms with Gasteiger partial charge in [0.1, 0.15) is 29.9 Å². The van der Waals surface area contributed by atoms with E-state index < -0.39 is 139 Å². The number of aromatic hydroxyl groups is 1. The van der Waals surface area contributed by atoms with E-state index in [4.69, 9.17) is 17.2 Å². The van der Waals surface area contributed by atoms with Gasteiger partial charge >= 0.3 is 0 Å². The smallest absolute Gasteiger partial charge is 0.243 e. The maximum Gasteiger partial charge on any atom is 0.243 e. The average molecular weight is 1060 g/mol. The normalized spacial score (nSPS) is 20.6. The number of Topliss-reactive ketones (excluding diaryl/α,β-unsaturated/α-hetero) is 2. The molecule has 1 aromatic heterocycles. The monoisotopic (exact) mass is 1060 g/mol. The van der Waals surface area contributed by atoms with Crippen LogP contribution in [-0.4, -0.2) is 147 Å². The molecule has 0 spiro atoms. The number of phenolic OH excluding ortho intramolecular Hbond substituents is 1. The number of hydrogen-bond acceptors (Lipinski definition) is 17. The van der Waals surface area contributed by atoms with E-state index >= 15 is 0 Å². The van der Waals surface area contributed by atoms with Crippen molar-refractivity contribution in [1.82, 2.24) is 47.3 Å². The van der Waals surface area contributed by atoms with Gasteiger partial charge in [-0.05, 0) is 54.5 Å². The van der Waals surface area contributed by atoms with E-state index in [1.165, 1.54) is 17.0 Å². The number of carbonyl (C=O) groups is 11. The second kappa shape index (κ2) is 31.1. The quantitative estimate of drug-likeness (QED) is 0.0473. The van der Waals surface area contributed by atoms with Gasteiger partial charge in [0.05, 0.1) is 31.6 Å². The molecule has 0 radical (unpaired) electrons. The highest BCUT2D eigenvalue weighted by Crippen LogP contribution is 2.24. The number of nitrogens with zero attached hydrogens (tertiary/aromatic N) is 2. The van der Waals surface area contributed by atoms with E-state index in [1.807, 2.05) is 13.8 Å². The zero-order valence-electron chi connectivity index (χ0n) is 41.3. The molecule has 1 aliphatic heterocycles. The Balaban J connectivity index is 2.09. The van der Waals surface area contributed by atoms with Gasteiger partial charge in [0, 0.05) is 55.6 Å². The van der Waals surface area contributed by atoms with E-state index in [0.29, 0.717) is 17.7 Å². The van der Waals surface area contributed by atoms with Crippen LogP contribution in [0.15, 0.2) is 48.7 Å². The van der Waals surface area contributed by atoms with E-state index in [9.17, 15) is 57.8 Å². The van der Waals surface area contributed by atoms with Crippen LogP contribution in [0.2, 0.25) is 0 Å². The first-order valence-electron chi connectivity index (χ1n) is 23.7. The minimum atomic E-state index is -1.77. The minimum absolute atomic E-state index is 0.0372. The number of nitrogens with two attached hydrogens (primary N) is 3. The molecule has 2 heterocycles. The Kier molecular flexibility index (Phi) is 25.8. The predicted octanol–water partition coefficient (Wildman–Crippen LogP) is -2.07. The molecule has 7 atom stereocenters. The molecular weight excluding hydrogens is 989 g/mol. The number of phenols is 1. The van der Waals surface area contributed by atoms with Crippen molar-refractivity contribution in [3.8, 4) is 5.75 Å². The third-order valence-electron chi connectivity index (χ3n) is 11.4. The van der Waals surface area contributed by atoms with Gasteiger partial charge in [-0.3, -0.25) is 57.7 Å². The first-order chi connectivity index (χ1) is 34.6. The maximum atomic E-state index is 14.8. The zero-order chi connectivity index (χ0) is 54.2. The Hall–Kier alpha value is -6.64. The number of amides is 9. The third-order valence-corrected chi connectivity index (χ3v) is 13.8. The Morgan fingerprint density at radius 3 is 2.15 bits per heavy atom. The fourth-order valence-corrected chi connectivity index (χ4v) is 9.40. The highest BCUT2D eigenvalue weighted by Gasteiger charge is 2.38. The van der Waals surface area contributed by atoms with Crippen LogP contribution in [0.5, 0.6) is 5.75 Å². The Morgan fingerprint density at radius 2 is 1.53 bits per heavy atom. The second-order valence-electron chi connectivity index (χ2n) is 17.8.